The largest absolute Gasteiger partial charge is 0.481 e. The maximum absolute atomic E-state index is 11.4. The van der Waals surface area contributed by atoms with E-state index in [-0.39, 0.29) is 0 Å². The van der Waals surface area contributed by atoms with Crippen LogP contribution in [0.4, 0.5) is 0 Å². The van der Waals surface area contributed by atoms with Gasteiger partial charge in [0, 0.05) is 13.2 Å². The second kappa shape index (κ2) is 4.52. The van der Waals surface area contributed by atoms with Gasteiger partial charge in [-0.15, -0.1) is 0 Å². The van der Waals surface area contributed by atoms with Crippen molar-refractivity contribution in [2.45, 2.75) is 44.9 Å². The summed E-state index contributed by atoms with van der Waals surface area (Å²) in [6, 6.07) is 0. The van der Waals surface area contributed by atoms with E-state index in [9.17, 15) is 9.90 Å². The molecular formula is C12H20O3. The number of carboxylic acids is 1. The smallest absolute Gasteiger partial charge is 0.309 e. The molecule has 1 saturated carbocycles. The summed E-state index contributed by atoms with van der Waals surface area (Å²) in [5, 5.41) is 9.41. The second-order valence-corrected chi connectivity index (χ2v) is 5.08. The molecule has 1 aliphatic carbocycles. The fourth-order valence-electron chi connectivity index (χ4n) is 3.03. The minimum Gasteiger partial charge on any atom is -0.481 e. The number of carbonyl (C=O) groups is 1. The average molecular weight is 212 g/mol. The summed E-state index contributed by atoms with van der Waals surface area (Å²) in [5.41, 5.74) is -0.420. The van der Waals surface area contributed by atoms with Crippen molar-refractivity contribution < 1.29 is 14.6 Å². The van der Waals surface area contributed by atoms with Gasteiger partial charge < -0.3 is 9.84 Å². The first-order valence-electron chi connectivity index (χ1n) is 6.04. The van der Waals surface area contributed by atoms with E-state index in [4.69, 9.17) is 4.74 Å². The first-order chi connectivity index (χ1) is 7.23. The molecule has 2 aliphatic rings. The highest BCUT2D eigenvalue weighted by Gasteiger charge is 2.41. The fraction of sp³-hybridized carbons (Fsp3) is 0.917. The highest BCUT2D eigenvalue weighted by atomic mass is 16.5. The van der Waals surface area contributed by atoms with Crippen LogP contribution >= 0.6 is 0 Å². The highest BCUT2D eigenvalue weighted by Crippen LogP contribution is 2.43. The van der Waals surface area contributed by atoms with Gasteiger partial charge in [-0.2, -0.15) is 0 Å². The maximum Gasteiger partial charge on any atom is 0.309 e. The molecule has 0 aromatic carbocycles. The molecule has 0 bridgehead atoms. The van der Waals surface area contributed by atoms with E-state index < -0.39 is 11.4 Å². The third-order valence-electron chi connectivity index (χ3n) is 3.97. The molecule has 3 heteroatoms. The predicted octanol–water partition coefficient (Wildman–Crippen LogP) is 2.45. The highest BCUT2D eigenvalue weighted by molar-refractivity contribution is 5.74. The minimum atomic E-state index is -0.575. The lowest BCUT2D eigenvalue weighted by molar-refractivity contribution is -0.152. The molecule has 1 heterocycles. The molecule has 0 aromatic heterocycles. The Hall–Kier alpha value is -0.570. The van der Waals surface area contributed by atoms with Crippen LogP contribution in [0.5, 0.6) is 0 Å². The average Bonchev–Trinajstić information content (AvgIpc) is 2.71. The van der Waals surface area contributed by atoms with Gasteiger partial charge in [0.25, 0.3) is 0 Å². The van der Waals surface area contributed by atoms with Crippen molar-refractivity contribution in [3.63, 3.8) is 0 Å². The van der Waals surface area contributed by atoms with Crippen molar-refractivity contribution in [1.82, 2.24) is 0 Å². The molecule has 2 fully saturated rings. The molecule has 1 aliphatic heterocycles. The van der Waals surface area contributed by atoms with Crippen LogP contribution in [0.3, 0.4) is 0 Å². The topological polar surface area (TPSA) is 46.5 Å². The number of carboxylic acid groups (broad SMARTS) is 1. The van der Waals surface area contributed by atoms with Crippen molar-refractivity contribution >= 4 is 5.97 Å². The van der Waals surface area contributed by atoms with Crippen molar-refractivity contribution in [2.24, 2.45) is 11.3 Å². The first-order valence-corrected chi connectivity index (χ1v) is 6.04. The van der Waals surface area contributed by atoms with Gasteiger partial charge in [-0.05, 0) is 31.6 Å². The molecule has 1 N–H and O–H groups in total. The Kier molecular flexibility index (Phi) is 3.29. The van der Waals surface area contributed by atoms with Gasteiger partial charge in [0.15, 0.2) is 0 Å². The molecular weight excluding hydrogens is 192 g/mol. The van der Waals surface area contributed by atoms with E-state index in [2.05, 4.69) is 0 Å². The standard InChI is InChI=1S/C12H20O3/c13-11(14)12(5-2-1-3-6-12)8-10-4-7-15-9-10/h10H,1-9H2,(H,13,14). The van der Waals surface area contributed by atoms with Gasteiger partial charge >= 0.3 is 5.97 Å². The lowest BCUT2D eigenvalue weighted by Crippen LogP contribution is -2.35. The first kappa shape index (κ1) is 10.9. The summed E-state index contributed by atoms with van der Waals surface area (Å²) in [7, 11) is 0. The Morgan fingerprint density at radius 3 is 2.60 bits per heavy atom. The molecule has 1 atom stereocenters. The Morgan fingerprint density at radius 2 is 2.07 bits per heavy atom. The molecule has 0 aromatic rings. The number of rotatable bonds is 3. The summed E-state index contributed by atoms with van der Waals surface area (Å²) in [6.45, 7) is 1.59. The van der Waals surface area contributed by atoms with Gasteiger partial charge in [0.1, 0.15) is 0 Å². The van der Waals surface area contributed by atoms with Gasteiger partial charge in [-0.25, -0.2) is 0 Å². The molecule has 0 amide bonds. The number of hydrogen-bond acceptors (Lipinski definition) is 2. The zero-order valence-corrected chi connectivity index (χ0v) is 9.21. The Labute approximate surface area is 90.8 Å². The van der Waals surface area contributed by atoms with Crippen molar-refractivity contribution in [2.75, 3.05) is 13.2 Å². The molecule has 15 heavy (non-hydrogen) atoms. The molecule has 3 nitrogen and oxygen atoms in total. The lowest BCUT2D eigenvalue weighted by atomic mass is 9.69. The van der Waals surface area contributed by atoms with Crippen LogP contribution in [0.2, 0.25) is 0 Å². The van der Waals surface area contributed by atoms with Crippen LogP contribution in [0, 0.1) is 11.3 Å². The van der Waals surface area contributed by atoms with Crippen LogP contribution in [-0.2, 0) is 9.53 Å². The number of hydrogen-bond donors (Lipinski definition) is 1. The normalized spacial score (nSPS) is 30.3. The van der Waals surface area contributed by atoms with Gasteiger partial charge in [0.2, 0.25) is 0 Å². The van der Waals surface area contributed by atoms with E-state index in [0.717, 1.165) is 51.7 Å². The molecule has 0 spiro atoms. The molecule has 1 saturated heterocycles. The van der Waals surface area contributed by atoms with E-state index in [1.165, 1.54) is 6.42 Å². The Bertz CT molecular complexity index is 225. The van der Waals surface area contributed by atoms with Crippen LogP contribution in [0.1, 0.15) is 44.9 Å². The summed E-state index contributed by atoms with van der Waals surface area (Å²) < 4.78 is 5.33. The zero-order valence-electron chi connectivity index (χ0n) is 9.21. The summed E-state index contributed by atoms with van der Waals surface area (Å²) in [5.74, 6) is -0.0895. The third kappa shape index (κ3) is 2.33. The van der Waals surface area contributed by atoms with E-state index >= 15 is 0 Å². The quantitative estimate of drug-likeness (QED) is 0.781. The maximum atomic E-state index is 11.4. The van der Waals surface area contributed by atoms with E-state index in [1.54, 1.807) is 0 Å². The lowest BCUT2D eigenvalue weighted by Gasteiger charge is -2.34. The second-order valence-electron chi connectivity index (χ2n) is 5.08. The van der Waals surface area contributed by atoms with Gasteiger partial charge in [-0.3, -0.25) is 4.79 Å². The number of aliphatic carboxylic acids is 1. The van der Waals surface area contributed by atoms with Crippen LogP contribution in [-0.4, -0.2) is 24.3 Å². The van der Waals surface area contributed by atoms with E-state index in [0.29, 0.717) is 5.92 Å². The summed E-state index contributed by atoms with van der Waals surface area (Å²) in [6.07, 6.45) is 7.00. The van der Waals surface area contributed by atoms with Crippen molar-refractivity contribution in [3.8, 4) is 0 Å². The van der Waals surface area contributed by atoms with Crippen LogP contribution in [0.15, 0.2) is 0 Å². The number of ether oxygens (including phenoxy) is 1. The van der Waals surface area contributed by atoms with Gasteiger partial charge in [0.05, 0.1) is 5.41 Å². The van der Waals surface area contributed by atoms with Crippen molar-refractivity contribution in [1.29, 1.82) is 0 Å². The zero-order chi connectivity index (χ0) is 10.7. The minimum absolute atomic E-state index is 0.420. The van der Waals surface area contributed by atoms with Crippen LogP contribution < -0.4 is 0 Å². The Balaban J connectivity index is 2.00. The molecule has 86 valence electrons. The summed E-state index contributed by atoms with van der Waals surface area (Å²) >= 11 is 0. The monoisotopic (exact) mass is 212 g/mol. The van der Waals surface area contributed by atoms with Crippen molar-refractivity contribution in [3.05, 3.63) is 0 Å². The fourth-order valence-corrected chi connectivity index (χ4v) is 3.03. The Morgan fingerprint density at radius 1 is 1.33 bits per heavy atom. The molecule has 0 radical (unpaired) electrons. The SMILES string of the molecule is O=C(O)C1(CC2CCOC2)CCCCC1. The van der Waals surface area contributed by atoms with Gasteiger partial charge in [-0.1, -0.05) is 19.3 Å². The summed E-state index contributed by atoms with van der Waals surface area (Å²) in [4.78, 5) is 11.4. The molecule has 2 rings (SSSR count). The predicted molar refractivity (Wildman–Crippen MR) is 56.7 cm³/mol. The van der Waals surface area contributed by atoms with Crippen LogP contribution in [0.25, 0.3) is 0 Å². The third-order valence-corrected chi connectivity index (χ3v) is 3.97. The molecule has 1 unspecified atom stereocenters. The van der Waals surface area contributed by atoms with E-state index in [1.807, 2.05) is 0 Å².